The van der Waals surface area contributed by atoms with Gasteiger partial charge in [0.25, 0.3) is 0 Å². The number of hydrogen-bond acceptors (Lipinski definition) is 4. The fraction of sp³-hybridized carbons (Fsp3) is 0.588. The summed E-state index contributed by atoms with van der Waals surface area (Å²) < 4.78 is 26.7. The van der Waals surface area contributed by atoms with Gasteiger partial charge in [-0.1, -0.05) is 31.9 Å². The normalized spacial score (nSPS) is 20.0. The Morgan fingerprint density at radius 2 is 1.96 bits per heavy atom. The Labute approximate surface area is 166 Å². The molecule has 6 nitrogen and oxygen atoms in total. The molecule has 0 aromatic heterocycles. The molecule has 2 atom stereocenters. The predicted molar refractivity (Wildman–Crippen MR) is 107 cm³/mol. The lowest BCUT2D eigenvalue weighted by atomic mass is 10.00. The summed E-state index contributed by atoms with van der Waals surface area (Å²) in [7, 11) is -3.69. The van der Waals surface area contributed by atoms with Crippen molar-refractivity contribution < 1.29 is 13.2 Å². The largest absolute Gasteiger partial charge is 0.327 e. The maximum Gasteiger partial charge on any atom is 0.244 e. The third-order valence-corrected chi connectivity index (χ3v) is 7.24. The molecule has 0 spiro atoms. The minimum Gasteiger partial charge on any atom is -0.327 e. The number of benzene rings is 1. The summed E-state index contributed by atoms with van der Waals surface area (Å²) in [5.41, 5.74) is 6.43. The van der Waals surface area contributed by atoms with Crippen LogP contribution < -0.4 is 11.1 Å². The Balaban J connectivity index is 0.00000338. The van der Waals surface area contributed by atoms with Crippen LogP contribution in [0.2, 0.25) is 5.02 Å². The number of carbonyl (C=O) groups excluding carboxylic acids is 1. The molecule has 3 N–H and O–H groups in total. The average molecular weight is 424 g/mol. The molecule has 1 aromatic rings. The number of hydrogen-bond donors (Lipinski definition) is 2. The van der Waals surface area contributed by atoms with E-state index in [4.69, 9.17) is 17.3 Å². The summed E-state index contributed by atoms with van der Waals surface area (Å²) in [6.07, 6.45) is 3.30. The lowest BCUT2D eigenvalue weighted by Crippen LogP contribution is -2.31. The number of nitrogens with zero attached hydrogens (tertiary/aromatic N) is 1. The van der Waals surface area contributed by atoms with E-state index in [1.165, 1.54) is 16.4 Å². The van der Waals surface area contributed by atoms with E-state index in [0.717, 1.165) is 19.3 Å². The van der Waals surface area contributed by atoms with E-state index in [9.17, 15) is 13.2 Å². The van der Waals surface area contributed by atoms with Crippen LogP contribution in [0.15, 0.2) is 23.1 Å². The van der Waals surface area contributed by atoms with E-state index in [1.807, 2.05) is 0 Å². The Morgan fingerprint density at radius 3 is 2.50 bits per heavy atom. The number of nitrogens with one attached hydrogen (secondary N) is 1. The zero-order valence-corrected chi connectivity index (χ0v) is 17.5. The molecule has 0 heterocycles. The zero-order valence-electron chi connectivity index (χ0n) is 15.1. The lowest BCUT2D eigenvalue weighted by Gasteiger charge is -2.20. The summed E-state index contributed by atoms with van der Waals surface area (Å²) in [4.78, 5) is 12.3. The van der Waals surface area contributed by atoms with Crippen LogP contribution in [0.25, 0.3) is 0 Å². The highest BCUT2D eigenvalue weighted by Gasteiger charge is 2.27. The Morgan fingerprint density at radius 1 is 1.31 bits per heavy atom. The van der Waals surface area contributed by atoms with E-state index in [1.54, 1.807) is 19.9 Å². The first-order chi connectivity index (χ1) is 11.8. The Hall–Kier alpha value is -0.860. The molecule has 148 valence electrons. The van der Waals surface area contributed by atoms with Crippen LogP contribution in [-0.2, 0) is 14.8 Å². The molecule has 0 aliphatic heterocycles. The lowest BCUT2D eigenvalue weighted by molar-refractivity contribution is -0.117. The van der Waals surface area contributed by atoms with Crippen LogP contribution in [0.4, 0.5) is 5.69 Å². The predicted octanol–water partition coefficient (Wildman–Crippen LogP) is 3.25. The van der Waals surface area contributed by atoms with Gasteiger partial charge in [-0.2, -0.15) is 4.31 Å². The number of sulfonamides is 1. The topological polar surface area (TPSA) is 92.5 Å². The van der Waals surface area contributed by atoms with Crippen molar-refractivity contribution in [3.8, 4) is 0 Å². The van der Waals surface area contributed by atoms with E-state index >= 15 is 0 Å². The van der Waals surface area contributed by atoms with Crippen LogP contribution in [0.3, 0.4) is 0 Å². The van der Waals surface area contributed by atoms with Gasteiger partial charge in [0.2, 0.25) is 15.9 Å². The molecule has 1 aliphatic rings. The molecule has 1 aromatic carbocycles. The Bertz CT molecular complexity index is 724. The minimum atomic E-state index is -3.69. The van der Waals surface area contributed by atoms with Crippen molar-refractivity contribution in [2.75, 3.05) is 18.4 Å². The second kappa shape index (κ2) is 9.90. The summed E-state index contributed by atoms with van der Waals surface area (Å²) in [5.74, 6) is 0.0297. The molecule has 0 unspecified atom stereocenters. The molecule has 1 saturated carbocycles. The number of carbonyl (C=O) groups is 1. The van der Waals surface area contributed by atoms with Gasteiger partial charge >= 0.3 is 0 Å². The maximum absolute atomic E-state index is 12.7. The highest BCUT2D eigenvalue weighted by molar-refractivity contribution is 7.89. The molecule has 9 heteroatoms. The van der Waals surface area contributed by atoms with Crippen LogP contribution in [0.1, 0.15) is 39.5 Å². The third kappa shape index (κ3) is 5.33. The number of nitrogens with two attached hydrogens (primary N) is 1. The molecule has 2 rings (SSSR count). The van der Waals surface area contributed by atoms with Crippen molar-refractivity contribution in [3.63, 3.8) is 0 Å². The summed E-state index contributed by atoms with van der Waals surface area (Å²) in [6, 6.07) is 4.59. The molecule has 1 aliphatic carbocycles. The van der Waals surface area contributed by atoms with Crippen LogP contribution in [0, 0.1) is 5.92 Å². The number of rotatable bonds is 7. The van der Waals surface area contributed by atoms with Gasteiger partial charge in [0.05, 0.1) is 5.02 Å². The molecule has 1 amide bonds. The van der Waals surface area contributed by atoms with E-state index in [-0.39, 0.29) is 40.2 Å². The SMILES string of the molecule is CCN(CC)S(=O)(=O)c1cc(NC(=O)C[C@@H]2CCC[C@H]2N)ccc1Cl.Cl. The highest BCUT2D eigenvalue weighted by Crippen LogP contribution is 2.29. The number of halogens is 2. The van der Waals surface area contributed by atoms with Crippen LogP contribution in [0.5, 0.6) is 0 Å². The maximum atomic E-state index is 12.7. The molecule has 0 radical (unpaired) electrons. The van der Waals surface area contributed by atoms with Crippen molar-refractivity contribution in [1.29, 1.82) is 0 Å². The van der Waals surface area contributed by atoms with Crippen LogP contribution >= 0.6 is 24.0 Å². The van der Waals surface area contributed by atoms with E-state index in [0.29, 0.717) is 25.2 Å². The van der Waals surface area contributed by atoms with Crippen molar-refractivity contribution in [1.82, 2.24) is 4.31 Å². The molecule has 0 saturated heterocycles. The zero-order chi connectivity index (χ0) is 18.6. The first-order valence-electron chi connectivity index (χ1n) is 8.64. The van der Waals surface area contributed by atoms with Crippen molar-refractivity contribution in [2.45, 2.75) is 50.5 Å². The van der Waals surface area contributed by atoms with Gasteiger partial charge in [0.15, 0.2) is 0 Å². The smallest absolute Gasteiger partial charge is 0.244 e. The van der Waals surface area contributed by atoms with Gasteiger partial charge < -0.3 is 11.1 Å². The van der Waals surface area contributed by atoms with E-state index in [2.05, 4.69) is 5.32 Å². The molecular weight excluding hydrogens is 397 g/mol. The Kier molecular flexibility index (Phi) is 8.82. The monoisotopic (exact) mass is 423 g/mol. The number of anilines is 1. The third-order valence-electron chi connectivity index (χ3n) is 4.70. The quantitative estimate of drug-likeness (QED) is 0.703. The van der Waals surface area contributed by atoms with Crippen LogP contribution in [-0.4, -0.2) is 37.8 Å². The van der Waals surface area contributed by atoms with E-state index < -0.39 is 10.0 Å². The van der Waals surface area contributed by atoms with Gasteiger partial charge in [-0.3, -0.25) is 4.79 Å². The summed E-state index contributed by atoms with van der Waals surface area (Å²) >= 11 is 6.10. The molecule has 26 heavy (non-hydrogen) atoms. The molecule has 1 fully saturated rings. The average Bonchev–Trinajstić information content (AvgIpc) is 2.95. The van der Waals surface area contributed by atoms with Gasteiger partial charge in [-0.25, -0.2) is 8.42 Å². The van der Waals surface area contributed by atoms with Crippen molar-refractivity contribution in [3.05, 3.63) is 23.2 Å². The number of amides is 1. The van der Waals surface area contributed by atoms with Crippen molar-refractivity contribution in [2.24, 2.45) is 11.7 Å². The standard InChI is InChI=1S/C17H26ClN3O3S.ClH/c1-3-21(4-2)25(23,24)16-11-13(8-9-14(16)18)20-17(22)10-12-6-5-7-15(12)19;/h8-9,11-12,15H,3-7,10,19H2,1-2H3,(H,20,22);1H/t12-,15+;/m0./s1. The molecule has 0 bridgehead atoms. The first kappa shape index (κ1) is 23.2. The highest BCUT2D eigenvalue weighted by atomic mass is 35.5. The second-order valence-corrected chi connectivity index (χ2v) is 8.66. The summed E-state index contributed by atoms with van der Waals surface area (Å²) in [5, 5.41) is 2.91. The second-order valence-electron chi connectivity index (χ2n) is 6.34. The fourth-order valence-electron chi connectivity index (χ4n) is 3.25. The summed E-state index contributed by atoms with van der Waals surface area (Å²) in [6.45, 7) is 4.24. The van der Waals surface area contributed by atoms with Gasteiger partial charge in [-0.05, 0) is 37.0 Å². The minimum absolute atomic E-state index is 0. The van der Waals surface area contributed by atoms with Gasteiger partial charge in [0.1, 0.15) is 4.90 Å². The first-order valence-corrected chi connectivity index (χ1v) is 10.5. The van der Waals surface area contributed by atoms with Crippen molar-refractivity contribution >= 4 is 45.6 Å². The van der Waals surface area contributed by atoms with Gasteiger partial charge in [0, 0.05) is 31.2 Å². The van der Waals surface area contributed by atoms with Gasteiger partial charge in [-0.15, -0.1) is 12.4 Å². The fourth-order valence-corrected chi connectivity index (χ4v) is 5.21. The molecular formula is C17H27Cl2N3O3S.